The van der Waals surface area contributed by atoms with Gasteiger partial charge in [0, 0.05) is 23.7 Å². The van der Waals surface area contributed by atoms with Gasteiger partial charge >= 0.3 is 5.76 Å². The fourth-order valence-electron chi connectivity index (χ4n) is 3.20. The molecule has 0 fully saturated rings. The van der Waals surface area contributed by atoms with E-state index in [2.05, 4.69) is 15.6 Å². The SMILES string of the molecule is O=C(CCC1Cc2ccccc2NC1=O)Nc1ccc2oc(=O)[nH]c2c1. The lowest BCUT2D eigenvalue weighted by atomic mass is 9.89. The Kier molecular flexibility index (Phi) is 4.04. The molecule has 0 saturated heterocycles. The van der Waals surface area contributed by atoms with Gasteiger partial charge < -0.3 is 15.1 Å². The fraction of sp³-hybridized carbons (Fsp3) is 0.211. The van der Waals surface area contributed by atoms with E-state index in [0.29, 0.717) is 29.6 Å². The van der Waals surface area contributed by atoms with Crippen LogP contribution in [0.4, 0.5) is 11.4 Å². The maximum Gasteiger partial charge on any atom is 0.417 e. The van der Waals surface area contributed by atoms with Crippen LogP contribution in [0.2, 0.25) is 0 Å². The van der Waals surface area contributed by atoms with Gasteiger partial charge in [0.25, 0.3) is 0 Å². The average Bonchev–Trinajstić information content (AvgIpc) is 2.99. The van der Waals surface area contributed by atoms with Crippen molar-refractivity contribution in [3.05, 3.63) is 58.6 Å². The molecule has 1 aliphatic heterocycles. The predicted octanol–water partition coefficient (Wildman–Crippen LogP) is 2.65. The summed E-state index contributed by atoms with van der Waals surface area (Å²) in [6, 6.07) is 12.6. The Bertz CT molecular complexity index is 1050. The molecule has 26 heavy (non-hydrogen) atoms. The number of carbonyl (C=O) groups excluding carboxylic acids is 2. The molecule has 1 unspecified atom stereocenters. The maximum atomic E-state index is 12.2. The second-order valence-electron chi connectivity index (χ2n) is 6.36. The first kappa shape index (κ1) is 16.1. The number of anilines is 2. The molecule has 1 aromatic heterocycles. The lowest BCUT2D eigenvalue weighted by Gasteiger charge is -2.24. The number of hydrogen-bond donors (Lipinski definition) is 3. The van der Waals surface area contributed by atoms with E-state index in [4.69, 9.17) is 4.42 Å². The standard InChI is InChI=1S/C19H17N3O4/c23-17(20-13-6-7-16-15(10-13)22-19(25)26-16)8-5-12-9-11-3-1-2-4-14(11)21-18(12)24/h1-4,6-7,10,12H,5,8-9H2,(H,20,23)(H,21,24)(H,22,25). The monoisotopic (exact) mass is 351 g/mol. The number of para-hydroxylation sites is 1. The van der Waals surface area contributed by atoms with Crippen LogP contribution >= 0.6 is 0 Å². The van der Waals surface area contributed by atoms with Crippen molar-refractivity contribution >= 4 is 34.3 Å². The highest BCUT2D eigenvalue weighted by molar-refractivity contribution is 5.97. The summed E-state index contributed by atoms with van der Waals surface area (Å²) in [6.07, 6.45) is 1.34. The van der Waals surface area contributed by atoms with E-state index in [-0.39, 0.29) is 24.2 Å². The summed E-state index contributed by atoms with van der Waals surface area (Å²) in [5, 5.41) is 5.67. The summed E-state index contributed by atoms with van der Waals surface area (Å²) in [5.41, 5.74) is 3.46. The van der Waals surface area contributed by atoms with Gasteiger partial charge in [-0.05, 0) is 42.7 Å². The molecule has 0 radical (unpaired) electrons. The number of carbonyl (C=O) groups is 2. The Balaban J connectivity index is 1.37. The number of benzene rings is 2. The molecule has 1 aliphatic rings. The van der Waals surface area contributed by atoms with Gasteiger partial charge in [0.1, 0.15) is 0 Å². The summed E-state index contributed by atoms with van der Waals surface area (Å²) >= 11 is 0. The van der Waals surface area contributed by atoms with Crippen LogP contribution < -0.4 is 16.4 Å². The van der Waals surface area contributed by atoms with Crippen LogP contribution in [0.25, 0.3) is 11.1 Å². The quantitative estimate of drug-likeness (QED) is 0.672. The number of aromatic nitrogens is 1. The zero-order valence-corrected chi connectivity index (χ0v) is 13.9. The molecule has 0 bridgehead atoms. The van der Waals surface area contributed by atoms with E-state index in [0.717, 1.165) is 11.3 Å². The number of nitrogens with one attached hydrogen (secondary N) is 3. The van der Waals surface area contributed by atoms with Gasteiger partial charge in [-0.25, -0.2) is 4.79 Å². The van der Waals surface area contributed by atoms with Gasteiger partial charge in [-0.1, -0.05) is 18.2 Å². The molecule has 3 aromatic rings. The number of H-pyrrole nitrogens is 1. The molecule has 4 rings (SSSR count). The summed E-state index contributed by atoms with van der Waals surface area (Å²) in [6.45, 7) is 0. The van der Waals surface area contributed by atoms with Crippen molar-refractivity contribution in [3.8, 4) is 0 Å². The number of fused-ring (bicyclic) bond motifs is 2. The fourth-order valence-corrected chi connectivity index (χ4v) is 3.20. The first-order chi connectivity index (χ1) is 12.6. The van der Waals surface area contributed by atoms with Crippen molar-refractivity contribution in [2.24, 2.45) is 5.92 Å². The molecule has 7 heteroatoms. The second-order valence-corrected chi connectivity index (χ2v) is 6.36. The number of rotatable bonds is 4. The summed E-state index contributed by atoms with van der Waals surface area (Å²) in [4.78, 5) is 38.1. The summed E-state index contributed by atoms with van der Waals surface area (Å²) < 4.78 is 4.93. The van der Waals surface area contributed by atoms with E-state index >= 15 is 0 Å². The van der Waals surface area contributed by atoms with E-state index in [9.17, 15) is 14.4 Å². The molecule has 2 amide bonds. The van der Waals surface area contributed by atoms with Gasteiger partial charge in [-0.2, -0.15) is 0 Å². The molecule has 132 valence electrons. The van der Waals surface area contributed by atoms with Crippen LogP contribution in [0.3, 0.4) is 0 Å². The Morgan fingerprint density at radius 3 is 2.92 bits per heavy atom. The van der Waals surface area contributed by atoms with Crippen LogP contribution in [0.15, 0.2) is 51.7 Å². The molecular formula is C19H17N3O4. The molecule has 7 nitrogen and oxygen atoms in total. The smallest absolute Gasteiger partial charge is 0.408 e. The minimum atomic E-state index is -0.535. The van der Waals surface area contributed by atoms with Crippen LogP contribution in [0.1, 0.15) is 18.4 Å². The van der Waals surface area contributed by atoms with Crippen molar-refractivity contribution < 1.29 is 14.0 Å². The summed E-state index contributed by atoms with van der Waals surface area (Å²) in [7, 11) is 0. The van der Waals surface area contributed by atoms with E-state index < -0.39 is 5.76 Å². The largest absolute Gasteiger partial charge is 0.417 e. The number of amides is 2. The minimum absolute atomic E-state index is 0.0473. The van der Waals surface area contributed by atoms with Gasteiger partial charge in [-0.15, -0.1) is 0 Å². The average molecular weight is 351 g/mol. The minimum Gasteiger partial charge on any atom is -0.408 e. The lowest BCUT2D eigenvalue weighted by Crippen LogP contribution is -2.30. The van der Waals surface area contributed by atoms with Crippen molar-refractivity contribution in [1.82, 2.24) is 4.98 Å². The molecule has 2 aromatic carbocycles. The Labute approximate surface area is 148 Å². The Morgan fingerprint density at radius 2 is 2.04 bits per heavy atom. The van der Waals surface area contributed by atoms with Gasteiger partial charge in [0.05, 0.1) is 5.52 Å². The number of oxazole rings is 1. The highest BCUT2D eigenvalue weighted by Gasteiger charge is 2.26. The van der Waals surface area contributed by atoms with E-state index in [1.165, 1.54) is 0 Å². The lowest BCUT2D eigenvalue weighted by molar-refractivity contribution is -0.121. The highest BCUT2D eigenvalue weighted by Crippen LogP contribution is 2.27. The molecule has 0 aliphatic carbocycles. The number of aromatic amines is 1. The van der Waals surface area contributed by atoms with Gasteiger partial charge in [0.2, 0.25) is 11.8 Å². The van der Waals surface area contributed by atoms with Crippen LogP contribution in [0.5, 0.6) is 0 Å². The topological polar surface area (TPSA) is 104 Å². The van der Waals surface area contributed by atoms with E-state index in [1.807, 2.05) is 24.3 Å². The highest BCUT2D eigenvalue weighted by atomic mass is 16.4. The van der Waals surface area contributed by atoms with Gasteiger partial charge in [-0.3, -0.25) is 14.6 Å². The number of hydrogen-bond acceptors (Lipinski definition) is 4. The van der Waals surface area contributed by atoms with Crippen molar-refractivity contribution in [2.75, 3.05) is 10.6 Å². The Hall–Kier alpha value is -3.35. The van der Waals surface area contributed by atoms with Crippen molar-refractivity contribution in [1.29, 1.82) is 0 Å². The normalized spacial score (nSPS) is 16.2. The van der Waals surface area contributed by atoms with Crippen LogP contribution in [-0.4, -0.2) is 16.8 Å². The van der Waals surface area contributed by atoms with Crippen molar-refractivity contribution in [3.63, 3.8) is 0 Å². The molecule has 0 spiro atoms. The Morgan fingerprint density at radius 1 is 1.19 bits per heavy atom. The molecule has 3 N–H and O–H groups in total. The zero-order chi connectivity index (χ0) is 18.1. The molecule has 2 heterocycles. The van der Waals surface area contributed by atoms with Crippen molar-refractivity contribution in [2.45, 2.75) is 19.3 Å². The third kappa shape index (κ3) is 3.23. The first-order valence-corrected chi connectivity index (χ1v) is 8.40. The third-order valence-corrected chi connectivity index (χ3v) is 4.53. The van der Waals surface area contributed by atoms with Crippen LogP contribution in [0, 0.1) is 5.92 Å². The van der Waals surface area contributed by atoms with Crippen LogP contribution in [-0.2, 0) is 16.0 Å². The summed E-state index contributed by atoms with van der Waals surface area (Å²) in [5.74, 6) is -0.980. The maximum absolute atomic E-state index is 12.2. The zero-order valence-electron chi connectivity index (χ0n) is 13.9. The second kappa shape index (κ2) is 6.51. The third-order valence-electron chi connectivity index (χ3n) is 4.53. The van der Waals surface area contributed by atoms with Gasteiger partial charge in [0.15, 0.2) is 5.58 Å². The predicted molar refractivity (Wildman–Crippen MR) is 97.0 cm³/mol. The van der Waals surface area contributed by atoms with E-state index in [1.54, 1.807) is 18.2 Å². The molecular weight excluding hydrogens is 334 g/mol. The molecule has 0 saturated carbocycles. The first-order valence-electron chi connectivity index (χ1n) is 8.40. The molecule has 1 atom stereocenters.